The van der Waals surface area contributed by atoms with E-state index in [9.17, 15) is 9.13 Å². The van der Waals surface area contributed by atoms with Crippen LogP contribution in [0, 0.1) is 0 Å². The minimum absolute atomic E-state index is 0. The fourth-order valence-corrected chi connectivity index (χ4v) is 2.67. The molecule has 0 saturated carbocycles. The van der Waals surface area contributed by atoms with Crippen molar-refractivity contribution in [2.75, 3.05) is 26.2 Å². The van der Waals surface area contributed by atoms with Crippen molar-refractivity contribution in [3.63, 3.8) is 0 Å². The summed E-state index contributed by atoms with van der Waals surface area (Å²) in [6.45, 7) is 1.76. The van der Waals surface area contributed by atoms with Crippen molar-refractivity contribution in [1.82, 2.24) is 10.4 Å². The normalized spacial score (nSPS) is 22.2. The summed E-state index contributed by atoms with van der Waals surface area (Å²) in [5, 5.41) is 4.08. The van der Waals surface area contributed by atoms with Gasteiger partial charge < -0.3 is 20.0 Å². The minimum Gasteiger partial charge on any atom is -0.314 e. The van der Waals surface area contributed by atoms with Crippen LogP contribution in [0.1, 0.15) is 0 Å². The molecule has 1 aliphatic heterocycles. The molecule has 1 rings (SSSR count). The molecule has 0 aromatic carbocycles. The van der Waals surface area contributed by atoms with Gasteiger partial charge in [0.15, 0.2) is 0 Å². The number of hydrogen-bond acceptors (Lipinski definition) is 6. The molecule has 1 saturated heterocycles. The van der Waals surface area contributed by atoms with Crippen LogP contribution in [0.15, 0.2) is 0 Å². The van der Waals surface area contributed by atoms with Gasteiger partial charge in [-0.1, -0.05) is 0 Å². The first-order valence-electron chi connectivity index (χ1n) is 4.04. The summed E-state index contributed by atoms with van der Waals surface area (Å²) in [7, 11) is -9.78. The van der Waals surface area contributed by atoms with Crippen LogP contribution in [0.3, 0.4) is 0 Å². The van der Waals surface area contributed by atoms with Gasteiger partial charge in [0.25, 0.3) is 0 Å². The molecule has 16 heavy (non-hydrogen) atoms. The zero-order valence-electron chi connectivity index (χ0n) is 8.35. The van der Waals surface area contributed by atoms with Crippen LogP contribution in [0.25, 0.3) is 0 Å². The van der Waals surface area contributed by atoms with Crippen molar-refractivity contribution in [3.8, 4) is 0 Å². The molecule has 0 spiro atoms. The van der Waals surface area contributed by atoms with Gasteiger partial charge >= 0.3 is 15.6 Å². The van der Waals surface area contributed by atoms with E-state index in [0.29, 0.717) is 26.2 Å². The second-order valence-electron chi connectivity index (χ2n) is 2.80. The summed E-state index contributed by atoms with van der Waals surface area (Å²) >= 11 is 0. The zero-order valence-corrected chi connectivity index (χ0v) is 13.1. The van der Waals surface area contributed by atoms with E-state index >= 15 is 0 Å². The smallest absolute Gasteiger partial charge is 0.314 e. The molecule has 0 aromatic rings. The van der Waals surface area contributed by atoms with Crippen molar-refractivity contribution < 1.29 is 52.2 Å². The third-order valence-corrected chi connectivity index (χ3v) is 3.62. The fourth-order valence-electron chi connectivity index (χ4n) is 1.02. The van der Waals surface area contributed by atoms with Crippen LogP contribution in [-0.2, 0) is 37.5 Å². The second-order valence-corrected chi connectivity index (χ2v) is 5.54. The third kappa shape index (κ3) is 7.19. The number of nitrogens with zero attached hydrogens (tertiary/aromatic N) is 1. The number of phosphoric acid groups is 2. The van der Waals surface area contributed by atoms with Gasteiger partial charge in [-0.15, -0.1) is 0 Å². The Morgan fingerprint density at radius 3 is 2.06 bits per heavy atom. The van der Waals surface area contributed by atoms with Gasteiger partial charge in [-0.25, -0.2) is 9.13 Å². The van der Waals surface area contributed by atoms with Crippen molar-refractivity contribution >= 4 is 15.6 Å². The summed E-state index contributed by atoms with van der Waals surface area (Å²) in [6, 6.07) is 0. The van der Waals surface area contributed by atoms with Gasteiger partial charge in [0.2, 0.25) is 0 Å². The van der Waals surface area contributed by atoms with Crippen LogP contribution < -0.4 is 5.32 Å². The predicted octanol–water partition coefficient (Wildman–Crippen LogP) is -0.970. The van der Waals surface area contributed by atoms with Crippen LogP contribution in [0.4, 0.5) is 0 Å². The summed E-state index contributed by atoms with van der Waals surface area (Å²) in [6.07, 6.45) is 0. The van der Waals surface area contributed by atoms with Gasteiger partial charge in [0.1, 0.15) is 0 Å². The predicted molar refractivity (Wildman–Crippen MR) is 48.5 cm³/mol. The molecule has 1 unspecified atom stereocenters. The first-order chi connectivity index (χ1) is 6.79. The summed E-state index contributed by atoms with van der Waals surface area (Å²) < 4.78 is 29.4. The second kappa shape index (κ2) is 6.66. The van der Waals surface area contributed by atoms with Crippen molar-refractivity contribution in [1.29, 1.82) is 0 Å². The number of hydroxylamine groups is 2. The van der Waals surface area contributed by atoms with Gasteiger partial charge in [-0.2, -0.15) is 14.0 Å². The molecule has 1 aliphatic rings. The molecular formula is C4H12N2O7P2Zn. The first-order valence-corrected chi connectivity index (χ1v) is 7.06. The Kier molecular flexibility index (Phi) is 6.99. The van der Waals surface area contributed by atoms with E-state index in [2.05, 4.69) is 14.3 Å². The number of rotatable bonds is 4. The minimum atomic E-state index is -5.04. The molecule has 0 aromatic heterocycles. The molecule has 4 N–H and O–H groups in total. The van der Waals surface area contributed by atoms with Crippen molar-refractivity contribution in [3.05, 3.63) is 0 Å². The van der Waals surface area contributed by atoms with Gasteiger partial charge in [0.05, 0.1) is 0 Å². The van der Waals surface area contributed by atoms with E-state index in [1.807, 2.05) is 0 Å². The Morgan fingerprint density at radius 2 is 1.62 bits per heavy atom. The Hall–Kier alpha value is 0.803. The van der Waals surface area contributed by atoms with E-state index in [1.165, 1.54) is 0 Å². The fraction of sp³-hybridized carbons (Fsp3) is 1.00. The van der Waals surface area contributed by atoms with Crippen LogP contribution in [-0.4, -0.2) is 45.9 Å². The van der Waals surface area contributed by atoms with Gasteiger partial charge in [-0.05, 0) is 0 Å². The average Bonchev–Trinajstić information content (AvgIpc) is 1.99. The maximum Gasteiger partial charge on any atom is 0.497 e. The van der Waals surface area contributed by atoms with E-state index in [1.54, 1.807) is 0 Å². The molecule has 12 heteroatoms. The maximum atomic E-state index is 11.1. The largest absolute Gasteiger partial charge is 0.497 e. The summed E-state index contributed by atoms with van der Waals surface area (Å²) in [5.74, 6) is 0. The van der Waals surface area contributed by atoms with Crippen LogP contribution in [0.2, 0.25) is 0 Å². The molecule has 1 atom stereocenters. The SMILES string of the molecule is O=P(O)(O)OP(=O)(O)ON1CCNCC1.[Zn]. The Bertz CT molecular complexity index is 303. The maximum absolute atomic E-state index is 11.1. The van der Waals surface area contributed by atoms with Gasteiger partial charge in [-0.3, -0.25) is 0 Å². The zero-order chi connectivity index (χ0) is 11.5. The van der Waals surface area contributed by atoms with Crippen LogP contribution >= 0.6 is 15.6 Å². The van der Waals surface area contributed by atoms with Crippen LogP contribution in [0.5, 0.6) is 0 Å². The summed E-state index contributed by atoms with van der Waals surface area (Å²) in [5.41, 5.74) is 0. The molecule has 1 heterocycles. The van der Waals surface area contributed by atoms with E-state index in [4.69, 9.17) is 14.7 Å². The number of piperazine rings is 1. The molecule has 0 aliphatic carbocycles. The molecule has 0 bridgehead atoms. The summed E-state index contributed by atoms with van der Waals surface area (Å²) in [4.78, 5) is 25.6. The van der Waals surface area contributed by atoms with Crippen molar-refractivity contribution in [2.24, 2.45) is 0 Å². The molecule has 9 nitrogen and oxygen atoms in total. The molecule has 92 valence electrons. The van der Waals surface area contributed by atoms with Crippen molar-refractivity contribution in [2.45, 2.75) is 0 Å². The number of hydrogen-bond donors (Lipinski definition) is 4. The average molecular weight is 327 g/mol. The van der Waals surface area contributed by atoms with Gasteiger partial charge in [0, 0.05) is 45.7 Å². The van der Waals surface area contributed by atoms with E-state index < -0.39 is 15.6 Å². The molecular weight excluding hydrogens is 315 g/mol. The van der Waals surface area contributed by atoms with E-state index in [-0.39, 0.29) is 19.5 Å². The monoisotopic (exact) mass is 326 g/mol. The standard InChI is InChI=1S/C4H12N2O7P2.Zn/c7-14(8,9)13-15(10,11)12-6-3-1-5-2-4-6;/h5H,1-4H2,(H,10,11)(H2,7,8,9);. The molecule has 0 radical (unpaired) electrons. The third-order valence-electron chi connectivity index (χ3n) is 1.50. The Morgan fingerprint density at radius 1 is 1.12 bits per heavy atom. The quantitative estimate of drug-likeness (QED) is 0.381. The van der Waals surface area contributed by atoms with E-state index in [0.717, 1.165) is 5.06 Å². The first kappa shape index (κ1) is 16.8. The molecule has 0 amide bonds. The topological polar surface area (TPSA) is 129 Å². The Labute approximate surface area is 105 Å². The number of nitrogens with one attached hydrogen (secondary N) is 1. The Balaban J connectivity index is 0.00000225. The molecule has 1 fully saturated rings.